The Balaban J connectivity index is 2.12. The van der Waals surface area contributed by atoms with Crippen LogP contribution in [0.3, 0.4) is 0 Å². The molecule has 0 atom stereocenters. The minimum atomic E-state index is -4.58. The molecule has 1 amide bonds. The summed E-state index contributed by atoms with van der Waals surface area (Å²) in [4.78, 5) is 12.1. The van der Waals surface area contributed by atoms with E-state index >= 15 is 0 Å². The summed E-state index contributed by atoms with van der Waals surface area (Å²) in [5, 5.41) is 3.52. The van der Waals surface area contributed by atoms with Crippen LogP contribution in [0.1, 0.15) is 18.1 Å². The van der Waals surface area contributed by atoms with E-state index in [0.717, 1.165) is 22.8 Å². The number of nitrogens with zero attached hydrogens (tertiary/aromatic N) is 2. The van der Waals surface area contributed by atoms with Crippen LogP contribution in [0.25, 0.3) is 0 Å². The van der Waals surface area contributed by atoms with Crippen LogP contribution >= 0.6 is 0 Å². The number of sulfonamides is 1. The summed E-state index contributed by atoms with van der Waals surface area (Å²) in [5.74, 6) is -0.290. The summed E-state index contributed by atoms with van der Waals surface area (Å²) in [7, 11) is -3.81. The summed E-state index contributed by atoms with van der Waals surface area (Å²) < 4.78 is 69.2. The minimum absolute atomic E-state index is 0.225. The summed E-state index contributed by atoms with van der Waals surface area (Å²) in [6.45, 7) is 1.63. The number of anilines is 1. The first-order valence-electron chi connectivity index (χ1n) is 8.71. The zero-order valence-corrected chi connectivity index (χ0v) is 17.0. The van der Waals surface area contributed by atoms with Crippen molar-refractivity contribution in [2.45, 2.75) is 13.1 Å². The molecule has 11 heteroatoms. The molecule has 7 nitrogen and oxygen atoms in total. The highest BCUT2D eigenvalue weighted by molar-refractivity contribution is 7.92. The van der Waals surface area contributed by atoms with Crippen molar-refractivity contribution in [2.24, 2.45) is 5.10 Å². The summed E-state index contributed by atoms with van der Waals surface area (Å²) >= 11 is 0. The topological polar surface area (TPSA) is 88.1 Å². The minimum Gasteiger partial charge on any atom is -0.494 e. The first-order valence-corrected chi connectivity index (χ1v) is 10.6. The highest BCUT2D eigenvalue weighted by Crippen LogP contribution is 2.31. The lowest BCUT2D eigenvalue weighted by atomic mass is 10.1. The lowest BCUT2D eigenvalue weighted by Gasteiger charge is -2.21. The molecule has 2 rings (SSSR count). The zero-order chi connectivity index (χ0) is 22.4. The van der Waals surface area contributed by atoms with E-state index in [0.29, 0.717) is 12.4 Å². The molecule has 0 aliphatic heterocycles. The number of halogens is 3. The van der Waals surface area contributed by atoms with E-state index in [9.17, 15) is 26.4 Å². The Morgan fingerprint density at radius 2 is 1.80 bits per heavy atom. The number of nitrogens with one attached hydrogen (secondary N) is 1. The van der Waals surface area contributed by atoms with Gasteiger partial charge in [-0.25, -0.2) is 13.8 Å². The van der Waals surface area contributed by atoms with E-state index < -0.39 is 34.2 Å². The molecule has 0 spiro atoms. The van der Waals surface area contributed by atoms with Crippen LogP contribution in [0.5, 0.6) is 5.75 Å². The number of carbonyl (C=O) groups excluding carboxylic acids is 1. The van der Waals surface area contributed by atoms with Crippen LogP contribution in [0.4, 0.5) is 18.9 Å². The van der Waals surface area contributed by atoms with Gasteiger partial charge in [-0.2, -0.15) is 18.3 Å². The van der Waals surface area contributed by atoms with Crippen molar-refractivity contribution in [1.82, 2.24) is 5.43 Å². The highest BCUT2D eigenvalue weighted by atomic mass is 32.2. The molecule has 0 aromatic heterocycles. The van der Waals surface area contributed by atoms with Gasteiger partial charge in [0.05, 0.1) is 30.3 Å². The second-order valence-electron chi connectivity index (χ2n) is 6.07. The van der Waals surface area contributed by atoms with E-state index in [1.54, 1.807) is 19.1 Å². The molecule has 0 unspecified atom stereocenters. The van der Waals surface area contributed by atoms with Crippen molar-refractivity contribution in [2.75, 3.05) is 23.7 Å². The van der Waals surface area contributed by atoms with Crippen LogP contribution in [-0.2, 0) is 21.0 Å². The van der Waals surface area contributed by atoms with Crippen LogP contribution < -0.4 is 14.5 Å². The Morgan fingerprint density at radius 1 is 1.17 bits per heavy atom. The van der Waals surface area contributed by atoms with Gasteiger partial charge in [-0.1, -0.05) is 18.2 Å². The Bertz CT molecular complexity index is 1010. The highest BCUT2D eigenvalue weighted by Gasteiger charge is 2.32. The lowest BCUT2D eigenvalue weighted by Crippen LogP contribution is -2.39. The first kappa shape index (κ1) is 23.2. The molecule has 0 heterocycles. The number of carbonyl (C=O) groups is 1. The molecule has 0 fully saturated rings. The summed E-state index contributed by atoms with van der Waals surface area (Å²) in [6.07, 6.45) is -2.80. The average Bonchev–Trinajstić information content (AvgIpc) is 2.66. The number of rotatable bonds is 8. The molecule has 162 valence electrons. The number of amides is 1. The predicted molar refractivity (Wildman–Crippen MR) is 107 cm³/mol. The van der Waals surface area contributed by atoms with Gasteiger partial charge in [0, 0.05) is 5.56 Å². The van der Waals surface area contributed by atoms with Crippen LogP contribution in [-0.4, -0.2) is 39.9 Å². The van der Waals surface area contributed by atoms with E-state index in [4.69, 9.17) is 4.74 Å². The standard InChI is InChI=1S/C19H20F3N3O4S/c1-3-29-16-10-8-15(9-11-16)25(30(2,27)28)13-18(26)24-23-12-14-6-4-5-7-17(14)19(20,21)22/h4-12H,3,13H2,1-2H3,(H,24,26)/b23-12-. The summed E-state index contributed by atoms with van der Waals surface area (Å²) in [5.41, 5.74) is 1.12. The molecule has 0 saturated carbocycles. The third-order valence-electron chi connectivity index (χ3n) is 3.78. The van der Waals surface area contributed by atoms with Crippen molar-refractivity contribution >= 4 is 27.8 Å². The van der Waals surface area contributed by atoms with Gasteiger partial charge in [-0.15, -0.1) is 0 Å². The maximum Gasteiger partial charge on any atom is 0.417 e. The number of hydrogen-bond acceptors (Lipinski definition) is 5. The molecule has 0 saturated heterocycles. The molecule has 0 aliphatic rings. The van der Waals surface area contributed by atoms with Gasteiger partial charge in [0.2, 0.25) is 10.0 Å². The molecule has 2 aromatic rings. The van der Waals surface area contributed by atoms with Crippen molar-refractivity contribution < 1.29 is 31.1 Å². The van der Waals surface area contributed by atoms with Gasteiger partial charge in [0.1, 0.15) is 12.3 Å². The Labute approximate surface area is 172 Å². The predicted octanol–water partition coefficient (Wildman–Crippen LogP) is 3.02. The van der Waals surface area contributed by atoms with Gasteiger partial charge >= 0.3 is 6.18 Å². The monoisotopic (exact) mass is 443 g/mol. The zero-order valence-electron chi connectivity index (χ0n) is 16.2. The van der Waals surface area contributed by atoms with Crippen molar-refractivity contribution in [1.29, 1.82) is 0 Å². The molecule has 2 aromatic carbocycles. The van der Waals surface area contributed by atoms with Gasteiger partial charge in [-0.05, 0) is 37.3 Å². The van der Waals surface area contributed by atoms with E-state index in [-0.39, 0.29) is 11.3 Å². The Hall–Kier alpha value is -3.08. The van der Waals surface area contributed by atoms with E-state index in [2.05, 4.69) is 5.10 Å². The molecule has 0 radical (unpaired) electrons. The van der Waals surface area contributed by atoms with Gasteiger partial charge < -0.3 is 4.74 Å². The fourth-order valence-electron chi connectivity index (χ4n) is 2.48. The average molecular weight is 443 g/mol. The number of ether oxygens (including phenoxy) is 1. The fraction of sp³-hybridized carbons (Fsp3) is 0.263. The van der Waals surface area contributed by atoms with Gasteiger partial charge in [0.25, 0.3) is 5.91 Å². The quantitative estimate of drug-likeness (QED) is 0.502. The molecular weight excluding hydrogens is 423 g/mol. The molecule has 0 aliphatic carbocycles. The Kier molecular flexibility index (Phi) is 7.43. The summed E-state index contributed by atoms with van der Waals surface area (Å²) in [6, 6.07) is 10.8. The smallest absolute Gasteiger partial charge is 0.417 e. The van der Waals surface area contributed by atoms with Crippen molar-refractivity contribution in [3.63, 3.8) is 0 Å². The molecule has 1 N–H and O–H groups in total. The van der Waals surface area contributed by atoms with Crippen LogP contribution in [0, 0.1) is 0 Å². The number of hydrogen-bond donors (Lipinski definition) is 1. The number of benzene rings is 2. The molecule has 0 bridgehead atoms. The largest absolute Gasteiger partial charge is 0.494 e. The first-order chi connectivity index (χ1) is 14.0. The van der Waals surface area contributed by atoms with Crippen LogP contribution in [0.15, 0.2) is 53.6 Å². The second-order valence-corrected chi connectivity index (χ2v) is 7.98. The third-order valence-corrected chi connectivity index (χ3v) is 4.92. The third kappa shape index (κ3) is 6.48. The van der Waals surface area contributed by atoms with Crippen molar-refractivity contribution in [3.05, 3.63) is 59.7 Å². The number of hydrazone groups is 1. The maximum absolute atomic E-state index is 13.0. The van der Waals surface area contributed by atoms with Crippen LogP contribution in [0.2, 0.25) is 0 Å². The normalized spacial score (nSPS) is 12.0. The van der Waals surface area contributed by atoms with Crippen molar-refractivity contribution in [3.8, 4) is 5.75 Å². The van der Waals surface area contributed by atoms with Gasteiger partial charge in [-0.3, -0.25) is 9.10 Å². The second kappa shape index (κ2) is 9.61. The van der Waals surface area contributed by atoms with Gasteiger partial charge in [0.15, 0.2) is 0 Å². The molecule has 30 heavy (non-hydrogen) atoms. The lowest BCUT2D eigenvalue weighted by molar-refractivity contribution is -0.137. The molecular formula is C19H20F3N3O4S. The Morgan fingerprint density at radius 3 is 2.37 bits per heavy atom. The SMILES string of the molecule is CCOc1ccc(N(CC(=O)N/N=C\c2ccccc2C(F)(F)F)S(C)(=O)=O)cc1. The maximum atomic E-state index is 13.0. The van der Waals surface area contributed by atoms with E-state index in [1.807, 2.05) is 5.43 Å². The van der Waals surface area contributed by atoms with E-state index in [1.165, 1.54) is 30.3 Å². The number of alkyl halides is 3. The fourth-order valence-corrected chi connectivity index (χ4v) is 3.34.